The lowest BCUT2D eigenvalue weighted by Gasteiger charge is -2.33. The van der Waals surface area contributed by atoms with Gasteiger partial charge in [-0.3, -0.25) is 9.48 Å². The first-order valence-electron chi connectivity index (χ1n) is 6.87. The van der Waals surface area contributed by atoms with Gasteiger partial charge >= 0.3 is 6.09 Å². The SMILES string of the molecule is CC(C)(C)OC(=O)N1CCC(n2nccc2C=O)CC1. The topological polar surface area (TPSA) is 64.4 Å². The summed E-state index contributed by atoms with van der Waals surface area (Å²) in [5, 5.41) is 4.19. The van der Waals surface area contributed by atoms with Crippen LogP contribution in [0.1, 0.15) is 50.1 Å². The molecule has 1 aliphatic heterocycles. The van der Waals surface area contributed by atoms with Crippen molar-refractivity contribution in [2.24, 2.45) is 0 Å². The Morgan fingerprint density at radius 2 is 2.05 bits per heavy atom. The maximum atomic E-state index is 12.0. The smallest absolute Gasteiger partial charge is 0.410 e. The zero-order valence-corrected chi connectivity index (χ0v) is 12.2. The minimum atomic E-state index is -0.472. The van der Waals surface area contributed by atoms with Crippen molar-refractivity contribution in [2.45, 2.75) is 45.3 Å². The Bertz CT molecular complexity index is 482. The standard InChI is InChI=1S/C14H21N3O3/c1-14(2,3)20-13(19)16-8-5-11(6-9-16)17-12(10-18)4-7-15-17/h4,7,10-11H,5-6,8-9H2,1-3H3. The van der Waals surface area contributed by atoms with E-state index in [4.69, 9.17) is 4.74 Å². The fourth-order valence-electron chi connectivity index (χ4n) is 2.34. The Hall–Kier alpha value is -1.85. The molecule has 1 aromatic heterocycles. The lowest BCUT2D eigenvalue weighted by Crippen LogP contribution is -2.42. The zero-order chi connectivity index (χ0) is 14.8. The van der Waals surface area contributed by atoms with E-state index in [9.17, 15) is 9.59 Å². The van der Waals surface area contributed by atoms with E-state index in [0.29, 0.717) is 18.8 Å². The molecule has 0 aliphatic carbocycles. The number of aldehydes is 1. The Kier molecular flexibility index (Phi) is 4.11. The second-order valence-corrected chi connectivity index (χ2v) is 6.02. The Labute approximate surface area is 118 Å². The van der Waals surface area contributed by atoms with Gasteiger partial charge in [-0.15, -0.1) is 0 Å². The molecule has 1 amide bonds. The van der Waals surface area contributed by atoms with Crippen molar-refractivity contribution in [1.29, 1.82) is 0 Å². The molecule has 110 valence electrons. The maximum absolute atomic E-state index is 12.0. The van der Waals surface area contributed by atoms with Crippen LogP contribution in [0.15, 0.2) is 12.3 Å². The van der Waals surface area contributed by atoms with Crippen molar-refractivity contribution in [3.63, 3.8) is 0 Å². The number of rotatable bonds is 2. The largest absolute Gasteiger partial charge is 0.444 e. The van der Waals surface area contributed by atoms with Crippen molar-refractivity contribution in [3.05, 3.63) is 18.0 Å². The van der Waals surface area contributed by atoms with Crippen LogP contribution in [0, 0.1) is 0 Å². The molecule has 20 heavy (non-hydrogen) atoms. The molecule has 2 rings (SSSR count). The number of piperidine rings is 1. The van der Waals surface area contributed by atoms with Gasteiger partial charge in [0.25, 0.3) is 0 Å². The molecule has 0 aromatic carbocycles. The van der Waals surface area contributed by atoms with Crippen LogP contribution in [-0.2, 0) is 4.74 Å². The number of ether oxygens (including phenoxy) is 1. The number of carbonyl (C=O) groups is 2. The molecule has 0 saturated carbocycles. The predicted molar refractivity (Wildman–Crippen MR) is 73.7 cm³/mol. The molecule has 6 heteroatoms. The molecule has 0 atom stereocenters. The first-order chi connectivity index (χ1) is 9.40. The fraction of sp³-hybridized carbons (Fsp3) is 0.643. The Morgan fingerprint density at radius 1 is 1.40 bits per heavy atom. The van der Waals surface area contributed by atoms with Crippen molar-refractivity contribution in [1.82, 2.24) is 14.7 Å². The lowest BCUT2D eigenvalue weighted by molar-refractivity contribution is 0.0184. The number of amides is 1. The van der Waals surface area contributed by atoms with Gasteiger partial charge in [-0.05, 0) is 39.7 Å². The molecule has 0 radical (unpaired) electrons. The van der Waals surface area contributed by atoms with Gasteiger partial charge in [-0.25, -0.2) is 4.79 Å². The molecule has 1 aliphatic rings. The highest BCUT2D eigenvalue weighted by molar-refractivity contribution is 5.71. The van der Waals surface area contributed by atoms with Crippen LogP contribution in [0.25, 0.3) is 0 Å². The monoisotopic (exact) mass is 279 g/mol. The van der Waals surface area contributed by atoms with E-state index in [0.717, 1.165) is 19.1 Å². The molecular weight excluding hydrogens is 258 g/mol. The normalized spacial score (nSPS) is 17.1. The lowest BCUT2D eigenvalue weighted by atomic mass is 10.1. The Balaban J connectivity index is 1.93. The third-order valence-electron chi connectivity index (χ3n) is 3.28. The summed E-state index contributed by atoms with van der Waals surface area (Å²) in [6, 6.07) is 1.87. The summed E-state index contributed by atoms with van der Waals surface area (Å²) < 4.78 is 7.11. The third kappa shape index (κ3) is 3.37. The number of nitrogens with zero attached hydrogens (tertiary/aromatic N) is 3. The average Bonchev–Trinajstić information content (AvgIpc) is 2.85. The minimum Gasteiger partial charge on any atom is -0.444 e. The van der Waals surface area contributed by atoms with Crippen molar-refractivity contribution in [3.8, 4) is 0 Å². The highest BCUT2D eigenvalue weighted by Crippen LogP contribution is 2.24. The van der Waals surface area contributed by atoms with Crippen LogP contribution >= 0.6 is 0 Å². The molecule has 0 unspecified atom stereocenters. The van der Waals surface area contributed by atoms with E-state index >= 15 is 0 Å². The molecular formula is C14H21N3O3. The summed E-state index contributed by atoms with van der Waals surface area (Å²) in [6.45, 7) is 6.82. The van der Waals surface area contributed by atoms with E-state index < -0.39 is 5.60 Å². The number of likely N-dealkylation sites (tertiary alicyclic amines) is 1. The van der Waals surface area contributed by atoms with Crippen LogP contribution in [0.5, 0.6) is 0 Å². The molecule has 6 nitrogen and oxygen atoms in total. The first kappa shape index (κ1) is 14.6. The molecule has 2 heterocycles. The molecule has 1 fully saturated rings. The minimum absolute atomic E-state index is 0.170. The van der Waals surface area contributed by atoms with Gasteiger partial charge in [0.2, 0.25) is 0 Å². The number of aromatic nitrogens is 2. The van der Waals surface area contributed by atoms with E-state index in [1.54, 1.807) is 21.8 Å². The summed E-state index contributed by atoms with van der Waals surface area (Å²) in [5.74, 6) is 0. The summed E-state index contributed by atoms with van der Waals surface area (Å²) >= 11 is 0. The van der Waals surface area contributed by atoms with Crippen molar-refractivity contribution >= 4 is 12.4 Å². The van der Waals surface area contributed by atoms with Gasteiger partial charge in [0.1, 0.15) is 11.3 Å². The molecule has 0 spiro atoms. The van der Waals surface area contributed by atoms with Crippen LogP contribution < -0.4 is 0 Å². The molecule has 1 saturated heterocycles. The van der Waals surface area contributed by atoms with Gasteiger partial charge in [0.15, 0.2) is 6.29 Å². The fourth-order valence-corrected chi connectivity index (χ4v) is 2.34. The summed E-state index contributed by atoms with van der Waals surface area (Å²) in [5.41, 5.74) is 0.112. The van der Waals surface area contributed by atoms with E-state index in [-0.39, 0.29) is 12.1 Å². The highest BCUT2D eigenvalue weighted by atomic mass is 16.6. The summed E-state index contributed by atoms with van der Waals surface area (Å²) in [4.78, 5) is 24.6. The van der Waals surface area contributed by atoms with Gasteiger partial charge in [0.05, 0.1) is 6.04 Å². The Morgan fingerprint density at radius 3 is 2.60 bits per heavy atom. The van der Waals surface area contributed by atoms with Gasteiger partial charge in [-0.1, -0.05) is 0 Å². The molecule has 1 aromatic rings. The number of hydrogen-bond donors (Lipinski definition) is 0. The van der Waals surface area contributed by atoms with Gasteiger partial charge in [-0.2, -0.15) is 5.10 Å². The first-order valence-corrected chi connectivity index (χ1v) is 6.87. The van der Waals surface area contributed by atoms with Gasteiger partial charge < -0.3 is 9.64 Å². The predicted octanol–water partition coefficient (Wildman–Crippen LogP) is 2.27. The van der Waals surface area contributed by atoms with Gasteiger partial charge in [0, 0.05) is 19.3 Å². The second kappa shape index (κ2) is 5.64. The van der Waals surface area contributed by atoms with Crippen LogP contribution in [0.4, 0.5) is 4.79 Å². The quantitative estimate of drug-likeness (QED) is 0.779. The van der Waals surface area contributed by atoms with Crippen molar-refractivity contribution in [2.75, 3.05) is 13.1 Å². The maximum Gasteiger partial charge on any atom is 0.410 e. The van der Waals surface area contributed by atoms with E-state index in [1.165, 1.54) is 0 Å². The van der Waals surface area contributed by atoms with E-state index in [1.807, 2.05) is 20.8 Å². The highest BCUT2D eigenvalue weighted by Gasteiger charge is 2.28. The molecule has 0 N–H and O–H groups in total. The number of carbonyl (C=O) groups excluding carboxylic acids is 2. The average molecular weight is 279 g/mol. The number of hydrogen-bond acceptors (Lipinski definition) is 4. The van der Waals surface area contributed by atoms with E-state index in [2.05, 4.69) is 5.10 Å². The third-order valence-corrected chi connectivity index (χ3v) is 3.28. The summed E-state index contributed by atoms with van der Waals surface area (Å²) in [7, 11) is 0. The molecule has 0 bridgehead atoms. The van der Waals surface area contributed by atoms with Crippen LogP contribution in [0.2, 0.25) is 0 Å². The van der Waals surface area contributed by atoms with Crippen LogP contribution in [-0.4, -0.2) is 45.8 Å². The summed E-state index contributed by atoms with van der Waals surface area (Å²) in [6.07, 6.45) is 3.73. The van der Waals surface area contributed by atoms with Crippen LogP contribution in [0.3, 0.4) is 0 Å². The zero-order valence-electron chi connectivity index (χ0n) is 12.2. The van der Waals surface area contributed by atoms with Crippen molar-refractivity contribution < 1.29 is 14.3 Å². The second-order valence-electron chi connectivity index (χ2n) is 6.02.